The molecule has 1 aromatic rings. The predicted octanol–water partition coefficient (Wildman–Crippen LogP) is 1.96. The lowest BCUT2D eigenvalue weighted by atomic mass is 10.2. The zero-order valence-corrected chi connectivity index (χ0v) is 11.0. The molecule has 0 saturated carbocycles. The van der Waals surface area contributed by atoms with E-state index in [0.717, 1.165) is 5.56 Å². The van der Waals surface area contributed by atoms with Crippen LogP contribution in [0.25, 0.3) is 0 Å². The van der Waals surface area contributed by atoms with Crippen LogP contribution in [0.15, 0.2) is 30.3 Å². The van der Waals surface area contributed by atoms with E-state index < -0.39 is 17.9 Å². The lowest BCUT2D eigenvalue weighted by molar-refractivity contribution is -0.112. The summed E-state index contributed by atoms with van der Waals surface area (Å²) in [5.74, 6) is 0. The summed E-state index contributed by atoms with van der Waals surface area (Å²) in [5, 5.41) is 0. The van der Waals surface area contributed by atoms with Crippen LogP contribution < -0.4 is 0 Å². The molecule has 1 amide bonds. The van der Waals surface area contributed by atoms with Crippen LogP contribution in [-0.4, -0.2) is 35.7 Å². The first-order valence-corrected chi connectivity index (χ1v) is 6.14. The van der Waals surface area contributed by atoms with Gasteiger partial charge >= 0.3 is 6.09 Å². The Morgan fingerprint density at radius 1 is 1.47 bits per heavy atom. The molecule has 0 spiro atoms. The standard InChI is InChI=1S/C14H17NO4/c1-14(2)15(12(8-16)10-19-14)13(17)18-9-11-6-4-3-5-7-11/h3-8,12H,9-10H2,1-2H3. The van der Waals surface area contributed by atoms with E-state index in [1.807, 2.05) is 30.3 Å². The summed E-state index contributed by atoms with van der Waals surface area (Å²) in [6.07, 6.45) is 0.168. The van der Waals surface area contributed by atoms with Gasteiger partial charge in [-0.05, 0) is 19.4 Å². The van der Waals surface area contributed by atoms with Crippen molar-refractivity contribution in [2.45, 2.75) is 32.2 Å². The van der Waals surface area contributed by atoms with Crippen molar-refractivity contribution < 1.29 is 19.1 Å². The number of nitrogens with zero attached hydrogens (tertiary/aromatic N) is 1. The van der Waals surface area contributed by atoms with Gasteiger partial charge in [-0.1, -0.05) is 30.3 Å². The maximum Gasteiger partial charge on any atom is 0.413 e. The summed E-state index contributed by atoms with van der Waals surface area (Å²) in [5.41, 5.74) is 0.0794. The van der Waals surface area contributed by atoms with E-state index in [2.05, 4.69) is 0 Å². The van der Waals surface area contributed by atoms with Gasteiger partial charge in [0.05, 0.1) is 6.61 Å². The van der Waals surface area contributed by atoms with Crippen molar-refractivity contribution in [2.24, 2.45) is 0 Å². The monoisotopic (exact) mass is 263 g/mol. The first-order valence-electron chi connectivity index (χ1n) is 6.14. The van der Waals surface area contributed by atoms with Gasteiger partial charge in [0.25, 0.3) is 0 Å². The first-order chi connectivity index (χ1) is 9.04. The number of ether oxygens (including phenoxy) is 2. The van der Waals surface area contributed by atoms with Gasteiger partial charge in [0.2, 0.25) is 0 Å². The van der Waals surface area contributed by atoms with Crippen molar-refractivity contribution in [1.82, 2.24) is 4.90 Å². The molecule has 1 saturated heterocycles. The lowest BCUT2D eigenvalue weighted by Crippen LogP contribution is -2.48. The summed E-state index contributed by atoms with van der Waals surface area (Å²) in [4.78, 5) is 24.4. The fourth-order valence-electron chi connectivity index (χ4n) is 2.08. The van der Waals surface area contributed by atoms with Gasteiger partial charge < -0.3 is 14.3 Å². The van der Waals surface area contributed by atoms with Crippen LogP contribution in [0.5, 0.6) is 0 Å². The Morgan fingerprint density at radius 2 is 2.16 bits per heavy atom. The zero-order chi connectivity index (χ0) is 13.9. The topological polar surface area (TPSA) is 55.8 Å². The second-order valence-electron chi connectivity index (χ2n) is 4.87. The molecule has 102 valence electrons. The summed E-state index contributed by atoms with van der Waals surface area (Å²) in [7, 11) is 0. The number of hydrogen-bond acceptors (Lipinski definition) is 4. The van der Waals surface area contributed by atoms with Gasteiger partial charge in [0.15, 0.2) is 0 Å². The highest BCUT2D eigenvalue weighted by atomic mass is 16.6. The van der Waals surface area contributed by atoms with Crippen LogP contribution >= 0.6 is 0 Å². The van der Waals surface area contributed by atoms with Gasteiger partial charge in [0.1, 0.15) is 24.7 Å². The van der Waals surface area contributed by atoms with Gasteiger partial charge in [0, 0.05) is 0 Å². The van der Waals surface area contributed by atoms with Gasteiger partial charge in [-0.2, -0.15) is 0 Å². The summed E-state index contributed by atoms with van der Waals surface area (Å²) in [6, 6.07) is 8.80. The normalized spacial score (nSPS) is 21.2. The van der Waals surface area contributed by atoms with E-state index in [-0.39, 0.29) is 13.2 Å². The van der Waals surface area contributed by atoms with E-state index in [9.17, 15) is 9.59 Å². The number of carbonyl (C=O) groups excluding carboxylic acids is 2. The largest absolute Gasteiger partial charge is 0.444 e. The van der Waals surface area contributed by atoms with Gasteiger partial charge in [-0.3, -0.25) is 4.90 Å². The van der Waals surface area contributed by atoms with Crippen LogP contribution in [0.4, 0.5) is 4.79 Å². The fourth-order valence-corrected chi connectivity index (χ4v) is 2.08. The number of hydrogen-bond donors (Lipinski definition) is 0. The average molecular weight is 263 g/mol. The summed E-state index contributed by atoms with van der Waals surface area (Å²) in [6.45, 7) is 3.86. The zero-order valence-electron chi connectivity index (χ0n) is 11.0. The molecule has 1 fully saturated rings. The van der Waals surface area contributed by atoms with Crippen LogP contribution in [0.3, 0.4) is 0 Å². The molecule has 1 atom stereocenters. The van der Waals surface area contributed by atoms with E-state index in [4.69, 9.17) is 9.47 Å². The van der Waals surface area contributed by atoms with E-state index in [1.54, 1.807) is 13.8 Å². The van der Waals surface area contributed by atoms with Crippen LogP contribution in [0.1, 0.15) is 19.4 Å². The molecule has 0 radical (unpaired) electrons. The second-order valence-corrected chi connectivity index (χ2v) is 4.87. The average Bonchev–Trinajstić information content (AvgIpc) is 2.72. The molecule has 0 aliphatic carbocycles. The first kappa shape index (κ1) is 13.5. The molecule has 0 aromatic heterocycles. The molecule has 0 bridgehead atoms. The summed E-state index contributed by atoms with van der Waals surface area (Å²) >= 11 is 0. The Hall–Kier alpha value is -1.88. The molecule has 1 aliphatic heterocycles. The molecule has 1 aliphatic rings. The minimum Gasteiger partial charge on any atom is -0.444 e. The third kappa shape index (κ3) is 2.93. The molecule has 5 nitrogen and oxygen atoms in total. The van der Waals surface area contributed by atoms with Crippen molar-refractivity contribution in [2.75, 3.05) is 6.61 Å². The highest BCUT2D eigenvalue weighted by molar-refractivity contribution is 5.75. The lowest BCUT2D eigenvalue weighted by Gasteiger charge is -2.30. The Balaban J connectivity index is 2.00. The minimum atomic E-state index is -0.820. The number of carbonyl (C=O) groups is 2. The van der Waals surface area contributed by atoms with Crippen LogP contribution in [-0.2, 0) is 20.9 Å². The van der Waals surface area contributed by atoms with E-state index >= 15 is 0 Å². The number of amides is 1. The second kappa shape index (κ2) is 5.40. The molecule has 5 heteroatoms. The van der Waals surface area contributed by atoms with Crippen molar-refractivity contribution in [3.05, 3.63) is 35.9 Å². The Kier molecular flexibility index (Phi) is 3.85. The summed E-state index contributed by atoms with van der Waals surface area (Å²) < 4.78 is 10.7. The molecule has 19 heavy (non-hydrogen) atoms. The SMILES string of the molecule is CC1(C)OCC(C=O)N1C(=O)OCc1ccccc1. The molecule has 1 aromatic carbocycles. The van der Waals surface area contributed by atoms with Crippen LogP contribution in [0.2, 0.25) is 0 Å². The predicted molar refractivity (Wildman–Crippen MR) is 68.3 cm³/mol. The third-order valence-electron chi connectivity index (χ3n) is 3.08. The van der Waals surface area contributed by atoms with E-state index in [1.165, 1.54) is 4.90 Å². The van der Waals surface area contributed by atoms with Crippen molar-refractivity contribution in [1.29, 1.82) is 0 Å². The molecule has 0 N–H and O–H groups in total. The Morgan fingerprint density at radius 3 is 2.79 bits per heavy atom. The highest BCUT2D eigenvalue weighted by Gasteiger charge is 2.44. The number of benzene rings is 1. The Labute approximate surface area is 112 Å². The smallest absolute Gasteiger partial charge is 0.413 e. The Bertz CT molecular complexity index is 458. The minimum absolute atomic E-state index is 0.178. The molecule has 1 heterocycles. The highest BCUT2D eigenvalue weighted by Crippen LogP contribution is 2.27. The van der Waals surface area contributed by atoms with Crippen molar-refractivity contribution in [3.63, 3.8) is 0 Å². The number of rotatable bonds is 3. The fraction of sp³-hybridized carbons (Fsp3) is 0.429. The maximum atomic E-state index is 12.1. The van der Waals surface area contributed by atoms with Gasteiger partial charge in [-0.15, -0.1) is 0 Å². The van der Waals surface area contributed by atoms with Crippen LogP contribution in [0, 0.1) is 0 Å². The van der Waals surface area contributed by atoms with E-state index in [0.29, 0.717) is 6.29 Å². The van der Waals surface area contributed by atoms with Crippen molar-refractivity contribution >= 4 is 12.4 Å². The quantitative estimate of drug-likeness (QED) is 0.782. The maximum absolute atomic E-state index is 12.1. The molecule has 2 rings (SSSR count). The molecule has 1 unspecified atom stereocenters. The third-order valence-corrected chi connectivity index (χ3v) is 3.08. The van der Waals surface area contributed by atoms with Crippen molar-refractivity contribution in [3.8, 4) is 0 Å². The molecular formula is C14H17NO4. The van der Waals surface area contributed by atoms with Gasteiger partial charge in [-0.25, -0.2) is 4.79 Å². The molecular weight excluding hydrogens is 246 g/mol. The number of aldehydes is 1.